The molecule has 0 saturated heterocycles. The summed E-state index contributed by atoms with van der Waals surface area (Å²) in [7, 11) is 0. The van der Waals surface area contributed by atoms with Crippen molar-refractivity contribution in [1.29, 1.82) is 0 Å². The first-order chi connectivity index (χ1) is 9.82. The Bertz CT molecular complexity index is 469. The van der Waals surface area contributed by atoms with Gasteiger partial charge in [-0.2, -0.15) is 5.10 Å². The van der Waals surface area contributed by atoms with Crippen LogP contribution in [0.1, 0.15) is 40.5 Å². The van der Waals surface area contributed by atoms with Crippen molar-refractivity contribution in [1.82, 2.24) is 15.1 Å². The molecular weight excluding hydrogens is 264 g/mol. The molecule has 1 saturated carbocycles. The van der Waals surface area contributed by atoms with E-state index in [1.54, 1.807) is 6.20 Å². The summed E-state index contributed by atoms with van der Waals surface area (Å²) in [5.41, 5.74) is 6.10. The zero-order valence-electron chi connectivity index (χ0n) is 13.5. The van der Waals surface area contributed by atoms with E-state index >= 15 is 0 Å². The van der Waals surface area contributed by atoms with Gasteiger partial charge in [-0.05, 0) is 37.2 Å². The predicted molar refractivity (Wildman–Crippen MR) is 83.5 cm³/mol. The van der Waals surface area contributed by atoms with Gasteiger partial charge < -0.3 is 11.1 Å². The molecule has 3 N–H and O–H groups in total. The normalized spacial score (nSPS) is 29.9. The molecule has 1 aliphatic rings. The van der Waals surface area contributed by atoms with Crippen molar-refractivity contribution in [2.75, 3.05) is 0 Å². The van der Waals surface area contributed by atoms with Crippen molar-refractivity contribution in [2.45, 2.75) is 59.2 Å². The van der Waals surface area contributed by atoms with Gasteiger partial charge in [-0.1, -0.05) is 20.8 Å². The largest absolute Gasteiger partial charge is 0.352 e. The van der Waals surface area contributed by atoms with Crippen molar-refractivity contribution in [3.05, 3.63) is 18.5 Å². The number of carbonyl (C=O) groups excluding carboxylic acids is 1. The molecule has 0 radical (unpaired) electrons. The maximum Gasteiger partial charge on any atom is 0.223 e. The number of amides is 1. The van der Waals surface area contributed by atoms with Crippen LogP contribution in [0, 0.1) is 17.3 Å². The monoisotopic (exact) mass is 292 g/mol. The minimum Gasteiger partial charge on any atom is -0.352 e. The van der Waals surface area contributed by atoms with Crippen LogP contribution in [0.2, 0.25) is 0 Å². The zero-order chi connectivity index (χ0) is 15.6. The molecule has 4 unspecified atom stereocenters. The van der Waals surface area contributed by atoms with Gasteiger partial charge in [-0.3, -0.25) is 9.48 Å². The Hall–Kier alpha value is -1.36. The minimum absolute atomic E-state index is 0.0346. The third-order valence-electron chi connectivity index (χ3n) is 5.23. The number of aromatic nitrogens is 2. The maximum atomic E-state index is 12.6. The molecular formula is C16H28N4O. The number of hydrogen-bond donors (Lipinski definition) is 2. The van der Waals surface area contributed by atoms with Crippen molar-refractivity contribution < 1.29 is 4.79 Å². The molecule has 1 aliphatic carbocycles. The van der Waals surface area contributed by atoms with Crippen LogP contribution in [0.4, 0.5) is 0 Å². The third-order valence-corrected chi connectivity index (χ3v) is 5.23. The van der Waals surface area contributed by atoms with E-state index in [0.717, 1.165) is 12.8 Å². The fourth-order valence-corrected chi connectivity index (χ4v) is 3.40. The van der Waals surface area contributed by atoms with Gasteiger partial charge in [0.15, 0.2) is 0 Å². The molecule has 118 valence electrons. The molecule has 1 fully saturated rings. The zero-order valence-corrected chi connectivity index (χ0v) is 13.5. The fraction of sp³-hybridized carbons (Fsp3) is 0.750. The molecule has 1 amide bonds. The van der Waals surface area contributed by atoms with E-state index in [1.165, 1.54) is 0 Å². The molecule has 21 heavy (non-hydrogen) atoms. The highest BCUT2D eigenvalue weighted by atomic mass is 16.2. The Morgan fingerprint density at radius 2 is 2.24 bits per heavy atom. The Balaban J connectivity index is 1.96. The van der Waals surface area contributed by atoms with E-state index in [9.17, 15) is 4.79 Å². The second-order valence-corrected chi connectivity index (χ2v) is 7.04. The summed E-state index contributed by atoms with van der Waals surface area (Å²) >= 11 is 0. The first kappa shape index (κ1) is 16.0. The first-order valence-electron chi connectivity index (χ1n) is 7.85. The predicted octanol–water partition coefficient (Wildman–Crippen LogP) is 1.79. The third kappa shape index (κ3) is 3.46. The van der Waals surface area contributed by atoms with Crippen LogP contribution in [0.3, 0.4) is 0 Å². The summed E-state index contributed by atoms with van der Waals surface area (Å²) in [5, 5.41) is 7.31. The van der Waals surface area contributed by atoms with Crippen molar-refractivity contribution in [3.63, 3.8) is 0 Å². The van der Waals surface area contributed by atoms with E-state index in [0.29, 0.717) is 12.5 Å². The summed E-state index contributed by atoms with van der Waals surface area (Å²) in [5.74, 6) is 0.536. The number of nitrogens with one attached hydrogen (secondary N) is 1. The average molecular weight is 292 g/mol. The second kappa shape index (κ2) is 6.18. The second-order valence-electron chi connectivity index (χ2n) is 7.04. The lowest BCUT2D eigenvalue weighted by Gasteiger charge is -2.46. The van der Waals surface area contributed by atoms with Crippen LogP contribution in [0.25, 0.3) is 0 Å². The van der Waals surface area contributed by atoms with Gasteiger partial charge in [0, 0.05) is 30.4 Å². The maximum absolute atomic E-state index is 12.6. The fourth-order valence-electron chi connectivity index (χ4n) is 3.40. The summed E-state index contributed by atoms with van der Waals surface area (Å²) in [6.07, 6.45) is 5.46. The molecule has 4 atom stereocenters. The number of hydrogen-bond acceptors (Lipinski definition) is 3. The summed E-state index contributed by atoms with van der Waals surface area (Å²) < 4.78 is 1.84. The molecule has 1 aromatic rings. The first-order valence-corrected chi connectivity index (χ1v) is 7.85. The van der Waals surface area contributed by atoms with Crippen LogP contribution in [-0.4, -0.2) is 27.8 Å². The van der Waals surface area contributed by atoms with Crippen molar-refractivity contribution in [2.24, 2.45) is 23.0 Å². The topological polar surface area (TPSA) is 72.9 Å². The SMILES string of the molecule is CC(Cn1cccn1)NC(=O)C1CCC(N)C(C)C1(C)C. The van der Waals surface area contributed by atoms with Gasteiger partial charge in [0.2, 0.25) is 5.91 Å². The van der Waals surface area contributed by atoms with Gasteiger partial charge in [0.25, 0.3) is 0 Å². The number of rotatable bonds is 4. The highest BCUT2D eigenvalue weighted by Crippen LogP contribution is 2.44. The van der Waals surface area contributed by atoms with Gasteiger partial charge in [-0.15, -0.1) is 0 Å². The number of carbonyl (C=O) groups is 1. The summed E-state index contributed by atoms with van der Waals surface area (Å²) in [6.45, 7) is 9.21. The van der Waals surface area contributed by atoms with E-state index in [-0.39, 0.29) is 29.3 Å². The standard InChI is InChI=1S/C16H28N4O/c1-11(10-20-9-5-8-18-20)19-15(21)13-6-7-14(17)12(2)16(13,3)4/h5,8-9,11-14H,6-7,10,17H2,1-4H3,(H,19,21). The quantitative estimate of drug-likeness (QED) is 0.888. The van der Waals surface area contributed by atoms with E-state index in [4.69, 9.17) is 5.73 Å². The van der Waals surface area contributed by atoms with Crippen LogP contribution >= 0.6 is 0 Å². The Labute approximate surface area is 127 Å². The van der Waals surface area contributed by atoms with Gasteiger partial charge in [-0.25, -0.2) is 0 Å². The van der Waals surface area contributed by atoms with Crippen molar-refractivity contribution in [3.8, 4) is 0 Å². The lowest BCUT2D eigenvalue weighted by Crippen LogP contribution is -2.53. The molecule has 0 spiro atoms. The van der Waals surface area contributed by atoms with Gasteiger partial charge in [0.05, 0.1) is 6.54 Å². The number of nitrogens with zero attached hydrogens (tertiary/aromatic N) is 2. The summed E-state index contributed by atoms with van der Waals surface area (Å²) in [4.78, 5) is 12.6. The highest BCUT2D eigenvalue weighted by molar-refractivity contribution is 5.79. The van der Waals surface area contributed by atoms with Gasteiger partial charge >= 0.3 is 0 Å². The Morgan fingerprint density at radius 3 is 2.86 bits per heavy atom. The van der Waals surface area contributed by atoms with Crippen LogP contribution in [-0.2, 0) is 11.3 Å². The molecule has 0 aromatic carbocycles. The Kier molecular flexibility index (Phi) is 4.71. The summed E-state index contributed by atoms with van der Waals surface area (Å²) in [6, 6.07) is 2.16. The van der Waals surface area contributed by atoms with E-state index in [1.807, 2.05) is 23.9 Å². The van der Waals surface area contributed by atoms with Crippen LogP contribution in [0.5, 0.6) is 0 Å². The molecule has 5 heteroatoms. The lowest BCUT2D eigenvalue weighted by molar-refractivity contribution is -0.133. The van der Waals surface area contributed by atoms with Gasteiger partial charge in [0.1, 0.15) is 0 Å². The number of nitrogens with two attached hydrogens (primary N) is 1. The van der Waals surface area contributed by atoms with E-state index in [2.05, 4.69) is 31.2 Å². The smallest absolute Gasteiger partial charge is 0.223 e. The van der Waals surface area contributed by atoms with Crippen LogP contribution in [0.15, 0.2) is 18.5 Å². The van der Waals surface area contributed by atoms with E-state index < -0.39 is 0 Å². The Morgan fingerprint density at radius 1 is 1.52 bits per heavy atom. The molecule has 1 aromatic heterocycles. The molecule has 0 aliphatic heterocycles. The highest BCUT2D eigenvalue weighted by Gasteiger charge is 2.45. The minimum atomic E-state index is -0.0623. The molecule has 1 heterocycles. The molecule has 5 nitrogen and oxygen atoms in total. The van der Waals surface area contributed by atoms with Crippen molar-refractivity contribution >= 4 is 5.91 Å². The molecule has 0 bridgehead atoms. The van der Waals surface area contributed by atoms with Crippen LogP contribution < -0.4 is 11.1 Å². The molecule has 2 rings (SSSR count). The lowest BCUT2D eigenvalue weighted by atomic mass is 9.61. The average Bonchev–Trinajstić information content (AvgIpc) is 2.88.